The SMILES string of the molecule is CC1CCC(NC(=O)C(NC(=O)c2ccccc2)c2ccccc2)CC1. The van der Waals surface area contributed by atoms with Crippen molar-refractivity contribution in [3.05, 3.63) is 71.8 Å². The van der Waals surface area contributed by atoms with Crippen molar-refractivity contribution >= 4 is 11.8 Å². The van der Waals surface area contributed by atoms with Gasteiger partial charge >= 0.3 is 0 Å². The maximum atomic E-state index is 12.9. The number of carbonyl (C=O) groups is 2. The zero-order chi connectivity index (χ0) is 18.4. The number of nitrogens with one attached hydrogen (secondary N) is 2. The molecule has 2 aromatic carbocycles. The van der Waals surface area contributed by atoms with Crippen LogP contribution in [0.1, 0.15) is 54.6 Å². The predicted octanol–water partition coefficient (Wildman–Crippen LogP) is 3.85. The average Bonchev–Trinajstić information content (AvgIpc) is 2.69. The van der Waals surface area contributed by atoms with Gasteiger partial charge in [0.2, 0.25) is 5.91 Å². The van der Waals surface area contributed by atoms with Crippen LogP contribution in [0.15, 0.2) is 60.7 Å². The highest BCUT2D eigenvalue weighted by Crippen LogP contribution is 2.24. The molecule has 2 aromatic rings. The Hall–Kier alpha value is -2.62. The molecule has 0 bridgehead atoms. The zero-order valence-corrected chi connectivity index (χ0v) is 15.2. The lowest BCUT2D eigenvalue weighted by Gasteiger charge is -2.29. The van der Waals surface area contributed by atoms with Gasteiger partial charge in [0.1, 0.15) is 6.04 Å². The van der Waals surface area contributed by atoms with Crippen LogP contribution in [0.25, 0.3) is 0 Å². The highest BCUT2D eigenvalue weighted by molar-refractivity contribution is 5.97. The van der Waals surface area contributed by atoms with Crippen molar-refractivity contribution in [3.8, 4) is 0 Å². The van der Waals surface area contributed by atoms with Gasteiger partial charge in [0.05, 0.1) is 0 Å². The zero-order valence-electron chi connectivity index (χ0n) is 15.2. The molecule has 0 heterocycles. The summed E-state index contributed by atoms with van der Waals surface area (Å²) in [5.41, 5.74) is 1.34. The third-order valence-electron chi connectivity index (χ3n) is 5.07. The van der Waals surface area contributed by atoms with Gasteiger partial charge < -0.3 is 10.6 Å². The van der Waals surface area contributed by atoms with Gasteiger partial charge in [-0.3, -0.25) is 9.59 Å². The van der Waals surface area contributed by atoms with Crippen LogP contribution in [0.4, 0.5) is 0 Å². The Morgan fingerprint density at radius 3 is 2.08 bits per heavy atom. The number of hydrogen-bond donors (Lipinski definition) is 2. The van der Waals surface area contributed by atoms with Crippen molar-refractivity contribution in [2.24, 2.45) is 5.92 Å². The van der Waals surface area contributed by atoms with Crippen LogP contribution in [-0.2, 0) is 4.79 Å². The topological polar surface area (TPSA) is 58.2 Å². The van der Waals surface area contributed by atoms with Gasteiger partial charge in [0.25, 0.3) is 5.91 Å². The summed E-state index contributed by atoms with van der Waals surface area (Å²) in [5.74, 6) is 0.345. The molecule has 1 aliphatic carbocycles. The van der Waals surface area contributed by atoms with E-state index in [1.165, 1.54) is 0 Å². The third kappa shape index (κ3) is 4.72. The summed E-state index contributed by atoms with van der Waals surface area (Å²) in [4.78, 5) is 25.5. The first-order chi connectivity index (χ1) is 12.6. The minimum absolute atomic E-state index is 0.139. The number of carbonyl (C=O) groups excluding carboxylic acids is 2. The molecular formula is C22H26N2O2. The summed E-state index contributed by atoms with van der Waals surface area (Å²) in [6.45, 7) is 2.25. The molecule has 26 heavy (non-hydrogen) atoms. The van der Waals surface area contributed by atoms with Crippen molar-refractivity contribution in [2.75, 3.05) is 0 Å². The molecular weight excluding hydrogens is 324 g/mol. The standard InChI is InChI=1S/C22H26N2O2/c1-16-12-14-19(15-13-16)23-22(26)20(17-8-4-2-5-9-17)24-21(25)18-10-6-3-7-11-18/h2-11,16,19-20H,12-15H2,1H3,(H,23,26)(H,24,25). The molecule has 2 amide bonds. The summed E-state index contributed by atoms with van der Waals surface area (Å²) in [7, 11) is 0. The van der Waals surface area contributed by atoms with E-state index in [1.54, 1.807) is 12.1 Å². The molecule has 1 atom stereocenters. The normalized spacial score (nSPS) is 20.8. The van der Waals surface area contributed by atoms with Crippen molar-refractivity contribution < 1.29 is 9.59 Å². The molecule has 1 saturated carbocycles. The second-order valence-electron chi connectivity index (χ2n) is 7.15. The number of rotatable bonds is 5. The Morgan fingerprint density at radius 1 is 0.885 bits per heavy atom. The van der Waals surface area contributed by atoms with Gasteiger partial charge in [-0.1, -0.05) is 55.5 Å². The predicted molar refractivity (Wildman–Crippen MR) is 103 cm³/mol. The fourth-order valence-electron chi connectivity index (χ4n) is 3.44. The maximum absolute atomic E-state index is 12.9. The Labute approximate surface area is 155 Å². The molecule has 4 heteroatoms. The fraction of sp³-hybridized carbons (Fsp3) is 0.364. The largest absolute Gasteiger partial charge is 0.351 e. The second kappa shape index (κ2) is 8.65. The highest BCUT2D eigenvalue weighted by Gasteiger charge is 2.27. The fourth-order valence-corrected chi connectivity index (χ4v) is 3.44. The van der Waals surface area contributed by atoms with Crippen molar-refractivity contribution in [3.63, 3.8) is 0 Å². The van der Waals surface area contributed by atoms with Gasteiger partial charge in [-0.05, 0) is 49.3 Å². The van der Waals surface area contributed by atoms with E-state index in [0.717, 1.165) is 37.2 Å². The smallest absolute Gasteiger partial charge is 0.252 e. The monoisotopic (exact) mass is 350 g/mol. The molecule has 2 N–H and O–H groups in total. The highest BCUT2D eigenvalue weighted by atomic mass is 16.2. The van der Waals surface area contributed by atoms with E-state index in [4.69, 9.17) is 0 Å². The molecule has 0 radical (unpaired) electrons. The summed E-state index contributed by atoms with van der Waals surface area (Å²) < 4.78 is 0. The Balaban J connectivity index is 1.73. The van der Waals surface area contributed by atoms with Gasteiger partial charge in [0.15, 0.2) is 0 Å². The van der Waals surface area contributed by atoms with Gasteiger partial charge in [-0.2, -0.15) is 0 Å². The molecule has 136 valence electrons. The van der Waals surface area contributed by atoms with Gasteiger partial charge in [-0.15, -0.1) is 0 Å². The molecule has 0 aromatic heterocycles. The molecule has 1 unspecified atom stereocenters. The minimum Gasteiger partial charge on any atom is -0.351 e. The summed E-state index contributed by atoms with van der Waals surface area (Å²) in [6.07, 6.45) is 4.27. The van der Waals surface area contributed by atoms with Crippen LogP contribution in [-0.4, -0.2) is 17.9 Å². The lowest BCUT2D eigenvalue weighted by molar-refractivity contribution is -0.124. The van der Waals surface area contributed by atoms with Crippen molar-refractivity contribution in [1.29, 1.82) is 0 Å². The lowest BCUT2D eigenvalue weighted by atomic mass is 9.87. The first kappa shape index (κ1) is 18.2. The van der Waals surface area contributed by atoms with Crippen LogP contribution >= 0.6 is 0 Å². The average molecular weight is 350 g/mol. The molecule has 1 fully saturated rings. The van der Waals surface area contributed by atoms with E-state index >= 15 is 0 Å². The third-order valence-corrected chi connectivity index (χ3v) is 5.07. The van der Waals surface area contributed by atoms with E-state index in [0.29, 0.717) is 5.56 Å². The van der Waals surface area contributed by atoms with E-state index < -0.39 is 6.04 Å². The van der Waals surface area contributed by atoms with Gasteiger partial charge in [-0.25, -0.2) is 0 Å². The summed E-state index contributed by atoms with van der Waals surface area (Å²) >= 11 is 0. The van der Waals surface area contributed by atoms with E-state index in [-0.39, 0.29) is 17.9 Å². The molecule has 0 aliphatic heterocycles. The summed E-state index contributed by atoms with van der Waals surface area (Å²) in [6, 6.07) is 17.9. The molecule has 3 rings (SSSR count). The quantitative estimate of drug-likeness (QED) is 0.860. The van der Waals surface area contributed by atoms with Crippen molar-refractivity contribution in [1.82, 2.24) is 10.6 Å². The Morgan fingerprint density at radius 2 is 1.46 bits per heavy atom. The van der Waals surface area contributed by atoms with Crippen molar-refractivity contribution in [2.45, 2.75) is 44.7 Å². The van der Waals surface area contributed by atoms with Gasteiger partial charge in [0, 0.05) is 11.6 Å². The maximum Gasteiger partial charge on any atom is 0.252 e. The van der Waals surface area contributed by atoms with Crippen LogP contribution in [0, 0.1) is 5.92 Å². The van der Waals surface area contributed by atoms with E-state index in [9.17, 15) is 9.59 Å². The minimum atomic E-state index is -0.691. The first-order valence-electron chi connectivity index (χ1n) is 9.34. The Bertz CT molecular complexity index is 722. The summed E-state index contributed by atoms with van der Waals surface area (Å²) in [5, 5.41) is 6.04. The number of benzene rings is 2. The molecule has 1 aliphatic rings. The van der Waals surface area contributed by atoms with Crippen LogP contribution < -0.4 is 10.6 Å². The van der Waals surface area contributed by atoms with Crippen LogP contribution in [0.5, 0.6) is 0 Å². The molecule has 0 saturated heterocycles. The lowest BCUT2D eigenvalue weighted by Crippen LogP contribution is -2.45. The van der Waals surface area contributed by atoms with E-state index in [2.05, 4.69) is 17.6 Å². The number of amides is 2. The van der Waals surface area contributed by atoms with Crippen LogP contribution in [0.2, 0.25) is 0 Å². The Kier molecular flexibility index (Phi) is 6.05. The number of hydrogen-bond acceptors (Lipinski definition) is 2. The molecule has 0 spiro atoms. The van der Waals surface area contributed by atoms with E-state index in [1.807, 2.05) is 48.5 Å². The second-order valence-corrected chi connectivity index (χ2v) is 7.15. The molecule has 4 nitrogen and oxygen atoms in total. The van der Waals surface area contributed by atoms with Crippen LogP contribution in [0.3, 0.4) is 0 Å². The first-order valence-corrected chi connectivity index (χ1v) is 9.34.